The lowest BCUT2D eigenvalue weighted by molar-refractivity contribution is 0.139. The molecule has 3 heterocycles. The molecule has 4 heteroatoms. The van der Waals surface area contributed by atoms with E-state index in [4.69, 9.17) is 4.74 Å². The topological polar surface area (TPSA) is 30.3 Å². The minimum absolute atomic E-state index is 0.444. The fourth-order valence-corrected chi connectivity index (χ4v) is 4.35. The van der Waals surface area contributed by atoms with Gasteiger partial charge >= 0.3 is 0 Å². The van der Waals surface area contributed by atoms with Crippen LogP contribution >= 0.6 is 0 Å². The summed E-state index contributed by atoms with van der Waals surface area (Å²) in [4.78, 5) is 2.60. The lowest BCUT2D eigenvalue weighted by Gasteiger charge is -2.36. The number of fused-ring (bicyclic) bond motifs is 1. The molecule has 1 atom stereocenters. The first-order valence-corrected chi connectivity index (χ1v) is 10.1. The summed E-state index contributed by atoms with van der Waals surface area (Å²) in [7, 11) is 0. The molecule has 2 aliphatic rings. The lowest BCUT2D eigenvalue weighted by Crippen LogP contribution is -2.36. The van der Waals surface area contributed by atoms with Gasteiger partial charge in [-0.05, 0) is 54.9 Å². The van der Waals surface area contributed by atoms with Crippen LogP contribution < -0.4 is 4.74 Å². The van der Waals surface area contributed by atoms with E-state index >= 15 is 0 Å². The zero-order valence-corrected chi connectivity index (χ0v) is 16.3. The standard InChI is InChI=1S/C22H31N3O/c1-16(2)12-18-14-23-25(15-18)21-6-9-24(10-7-21)17(3)20-5-4-19-8-11-26-22(19)13-20/h4-5,13-17,21H,6-12H2,1-3H3. The van der Waals surface area contributed by atoms with Crippen LogP contribution in [0, 0.1) is 5.92 Å². The van der Waals surface area contributed by atoms with Crippen LogP contribution in [0.1, 0.15) is 62.4 Å². The SMILES string of the molecule is CC(C)Cc1cnn(C2CCN(C(C)c3ccc4c(c3)OCC4)CC2)c1. The van der Waals surface area contributed by atoms with Crippen molar-refractivity contribution < 1.29 is 4.74 Å². The molecule has 0 bridgehead atoms. The highest BCUT2D eigenvalue weighted by Crippen LogP contribution is 2.33. The maximum atomic E-state index is 5.75. The quantitative estimate of drug-likeness (QED) is 0.797. The predicted octanol–water partition coefficient (Wildman–Crippen LogP) is 4.41. The molecule has 1 saturated heterocycles. The molecule has 1 aromatic heterocycles. The number of ether oxygens (including phenoxy) is 1. The molecule has 2 aliphatic heterocycles. The third kappa shape index (κ3) is 3.66. The van der Waals surface area contributed by atoms with E-state index in [0.29, 0.717) is 18.0 Å². The van der Waals surface area contributed by atoms with Gasteiger partial charge < -0.3 is 4.74 Å². The predicted molar refractivity (Wildman–Crippen MR) is 105 cm³/mol. The Hall–Kier alpha value is -1.81. The molecule has 0 amide bonds. The van der Waals surface area contributed by atoms with Crippen molar-refractivity contribution in [2.24, 2.45) is 5.92 Å². The van der Waals surface area contributed by atoms with Crippen molar-refractivity contribution in [2.75, 3.05) is 19.7 Å². The minimum atomic E-state index is 0.444. The van der Waals surface area contributed by atoms with Crippen LogP contribution in [0.5, 0.6) is 5.75 Å². The molecular weight excluding hydrogens is 322 g/mol. The number of hydrogen-bond donors (Lipinski definition) is 0. The van der Waals surface area contributed by atoms with Crippen molar-refractivity contribution in [3.05, 3.63) is 47.3 Å². The third-order valence-corrected chi connectivity index (χ3v) is 5.92. The zero-order chi connectivity index (χ0) is 18.1. The first-order valence-electron chi connectivity index (χ1n) is 10.1. The summed E-state index contributed by atoms with van der Waals surface area (Å²) < 4.78 is 7.96. The summed E-state index contributed by atoms with van der Waals surface area (Å²) in [5, 5.41) is 4.64. The monoisotopic (exact) mass is 353 g/mol. The van der Waals surface area contributed by atoms with Gasteiger partial charge in [0.1, 0.15) is 5.75 Å². The Balaban J connectivity index is 1.36. The lowest BCUT2D eigenvalue weighted by atomic mass is 9.99. The Kier molecular flexibility index (Phi) is 5.03. The number of rotatable bonds is 5. The molecule has 140 valence electrons. The summed E-state index contributed by atoms with van der Waals surface area (Å²) in [6.07, 6.45) is 8.85. The van der Waals surface area contributed by atoms with Crippen LogP contribution in [0.2, 0.25) is 0 Å². The van der Waals surface area contributed by atoms with Gasteiger partial charge in [0, 0.05) is 31.7 Å². The summed E-state index contributed by atoms with van der Waals surface area (Å²) in [6, 6.07) is 7.78. The van der Waals surface area contributed by atoms with Gasteiger partial charge in [0.15, 0.2) is 0 Å². The number of likely N-dealkylation sites (tertiary alicyclic amines) is 1. The molecule has 0 radical (unpaired) electrons. The first-order chi connectivity index (χ1) is 12.6. The number of hydrogen-bond acceptors (Lipinski definition) is 3. The molecule has 0 spiro atoms. The Morgan fingerprint density at radius 2 is 2.00 bits per heavy atom. The number of aromatic nitrogens is 2. The summed E-state index contributed by atoms with van der Waals surface area (Å²) >= 11 is 0. The van der Waals surface area contributed by atoms with Crippen LogP contribution in [0.25, 0.3) is 0 Å². The van der Waals surface area contributed by atoms with E-state index in [1.54, 1.807) is 0 Å². The average Bonchev–Trinajstić information content (AvgIpc) is 3.29. The molecule has 4 rings (SSSR count). The summed E-state index contributed by atoms with van der Waals surface area (Å²) in [5.41, 5.74) is 4.10. The molecule has 0 N–H and O–H groups in total. The second-order valence-electron chi connectivity index (χ2n) is 8.34. The van der Waals surface area contributed by atoms with Crippen molar-refractivity contribution in [2.45, 2.75) is 58.5 Å². The number of nitrogens with zero attached hydrogens (tertiary/aromatic N) is 3. The van der Waals surface area contributed by atoms with Gasteiger partial charge in [-0.3, -0.25) is 9.58 Å². The Labute approximate surface area is 157 Å². The fourth-order valence-electron chi connectivity index (χ4n) is 4.35. The minimum Gasteiger partial charge on any atom is -0.493 e. The second kappa shape index (κ2) is 7.43. The van der Waals surface area contributed by atoms with Crippen LogP contribution in [0.3, 0.4) is 0 Å². The van der Waals surface area contributed by atoms with Crippen LogP contribution in [-0.2, 0) is 12.8 Å². The van der Waals surface area contributed by atoms with Gasteiger partial charge in [-0.25, -0.2) is 0 Å². The van der Waals surface area contributed by atoms with Crippen LogP contribution in [0.4, 0.5) is 0 Å². The van der Waals surface area contributed by atoms with Gasteiger partial charge in [0.05, 0.1) is 18.8 Å². The maximum Gasteiger partial charge on any atom is 0.122 e. The highest BCUT2D eigenvalue weighted by molar-refractivity contribution is 5.41. The van der Waals surface area contributed by atoms with Gasteiger partial charge in [-0.1, -0.05) is 26.0 Å². The first kappa shape index (κ1) is 17.6. The van der Waals surface area contributed by atoms with E-state index < -0.39 is 0 Å². The van der Waals surface area contributed by atoms with Gasteiger partial charge in [0.2, 0.25) is 0 Å². The molecule has 0 saturated carbocycles. The van der Waals surface area contributed by atoms with Crippen molar-refractivity contribution in [3.8, 4) is 5.75 Å². The van der Waals surface area contributed by atoms with E-state index in [0.717, 1.165) is 38.3 Å². The van der Waals surface area contributed by atoms with Crippen LogP contribution in [0.15, 0.2) is 30.6 Å². The van der Waals surface area contributed by atoms with Crippen molar-refractivity contribution in [3.63, 3.8) is 0 Å². The molecule has 26 heavy (non-hydrogen) atoms. The molecule has 0 aliphatic carbocycles. The third-order valence-electron chi connectivity index (χ3n) is 5.92. The maximum absolute atomic E-state index is 5.75. The Morgan fingerprint density at radius 1 is 1.19 bits per heavy atom. The summed E-state index contributed by atoms with van der Waals surface area (Å²) in [6.45, 7) is 9.95. The van der Waals surface area contributed by atoms with Gasteiger partial charge in [-0.2, -0.15) is 5.10 Å². The van der Waals surface area contributed by atoms with Crippen molar-refractivity contribution >= 4 is 0 Å². The summed E-state index contributed by atoms with van der Waals surface area (Å²) in [5.74, 6) is 1.78. The highest BCUT2D eigenvalue weighted by atomic mass is 16.5. The largest absolute Gasteiger partial charge is 0.493 e. The Morgan fingerprint density at radius 3 is 2.77 bits per heavy atom. The smallest absolute Gasteiger partial charge is 0.122 e. The zero-order valence-electron chi connectivity index (χ0n) is 16.3. The highest BCUT2D eigenvalue weighted by Gasteiger charge is 2.26. The van der Waals surface area contributed by atoms with E-state index in [2.05, 4.69) is 66.0 Å². The van der Waals surface area contributed by atoms with Gasteiger partial charge in [0.25, 0.3) is 0 Å². The van der Waals surface area contributed by atoms with E-state index in [9.17, 15) is 0 Å². The molecular formula is C22H31N3O. The van der Waals surface area contributed by atoms with E-state index in [1.165, 1.54) is 29.5 Å². The van der Waals surface area contributed by atoms with Gasteiger partial charge in [-0.15, -0.1) is 0 Å². The fraction of sp³-hybridized carbons (Fsp3) is 0.591. The molecule has 2 aromatic rings. The number of piperidine rings is 1. The Bertz CT molecular complexity index is 744. The van der Waals surface area contributed by atoms with Crippen molar-refractivity contribution in [1.82, 2.24) is 14.7 Å². The average molecular weight is 354 g/mol. The molecule has 1 aromatic carbocycles. The molecule has 1 unspecified atom stereocenters. The molecule has 1 fully saturated rings. The molecule has 4 nitrogen and oxygen atoms in total. The van der Waals surface area contributed by atoms with E-state index in [1.807, 2.05) is 0 Å². The second-order valence-corrected chi connectivity index (χ2v) is 8.34. The van der Waals surface area contributed by atoms with Crippen molar-refractivity contribution in [1.29, 1.82) is 0 Å². The van der Waals surface area contributed by atoms with E-state index in [-0.39, 0.29) is 0 Å². The normalized spacial score (nSPS) is 19.5. The van der Waals surface area contributed by atoms with Crippen LogP contribution in [-0.4, -0.2) is 34.4 Å². The number of benzene rings is 1.